The van der Waals surface area contributed by atoms with Crippen LogP contribution in [0.3, 0.4) is 0 Å². The third-order valence-electron chi connectivity index (χ3n) is 5.58. The largest absolute Gasteiger partial charge is 0.399 e. The fourth-order valence-corrected chi connectivity index (χ4v) is 3.93. The summed E-state index contributed by atoms with van der Waals surface area (Å²) in [6.07, 6.45) is 3.76. The third-order valence-corrected chi connectivity index (χ3v) is 5.58. The van der Waals surface area contributed by atoms with Crippen LogP contribution in [0.15, 0.2) is 48.5 Å². The number of para-hydroxylation sites is 1. The number of nitrogens with one attached hydrogen (secondary N) is 2. The highest BCUT2D eigenvalue weighted by molar-refractivity contribution is 5.94. The van der Waals surface area contributed by atoms with Gasteiger partial charge >= 0.3 is 0 Å². The highest BCUT2D eigenvalue weighted by atomic mass is 16.1. The zero-order valence-electron chi connectivity index (χ0n) is 17.4. The fraction of sp³-hybridized carbons (Fsp3) is 0.348. The maximum absolute atomic E-state index is 12.4. The maximum atomic E-state index is 12.4. The van der Waals surface area contributed by atoms with Gasteiger partial charge in [0.05, 0.1) is 5.52 Å². The summed E-state index contributed by atoms with van der Waals surface area (Å²) >= 11 is 0. The van der Waals surface area contributed by atoms with Gasteiger partial charge in [0.1, 0.15) is 5.82 Å². The molecule has 7 nitrogen and oxygen atoms in total. The highest BCUT2D eigenvalue weighted by Crippen LogP contribution is 2.26. The smallest absolute Gasteiger partial charge is 0.251 e. The van der Waals surface area contributed by atoms with Gasteiger partial charge in [0.15, 0.2) is 0 Å². The monoisotopic (exact) mass is 404 g/mol. The van der Waals surface area contributed by atoms with Gasteiger partial charge in [-0.1, -0.05) is 12.1 Å². The molecule has 4 rings (SSSR count). The quantitative estimate of drug-likeness (QED) is 0.564. The maximum Gasteiger partial charge on any atom is 0.251 e. The Morgan fingerprint density at radius 2 is 1.63 bits per heavy atom. The van der Waals surface area contributed by atoms with Crippen LogP contribution in [0.5, 0.6) is 0 Å². The standard InChI is InChI=1S/C23H28N6O/c1-29(2)21-19-5-3-4-6-20(19)27-23(28-21)26-18-13-11-17(12-14-18)25-22(30)15-7-9-16(24)10-8-15/h3-10,17-18H,11-14,24H2,1-2H3,(H,25,30)(H,26,27,28)/t17-,18+. The minimum atomic E-state index is -0.0418. The Morgan fingerprint density at radius 3 is 2.33 bits per heavy atom. The number of carbonyl (C=O) groups excluding carboxylic acids is 1. The molecule has 4 N–H and O–H groups in total. The molecule has 0 unspecified atom stereocenters. The lowest BCUT2D eigenvalue weighted by molar-refractivity contribution is 0.0926. The van der Waals surface area contributed by atoms with Crippen molar-refractivity contribution in [2.45, 2.75) is 37.8 Å². The van der Waals surface area contributed by atoms with E-state index in [1.54, 1.807) is 24.3 Å². The van der Waals surface area contributed by atoms with E-state index in [2.05, 4.69) is 10.6 Å². The van der Waals surface area contributed by atoms with Crippen molar-refractivity contribution in [3.8, 4) is 0 Å². The number of amides is 1. The number of aromatic nitrogens is 2. The van der Waals surface area contributed by atoms with Crippen molar-refractivity contribution in [2.75, 3.05) is 30.0 Å². The molecule has 1 aliphatic rings. The fourth-order valence-electron chi connectivity index (χ4n) is 3.93. The summed E-state index contributed by atoms with van der Waals surface area (Å²) in [5.74, 6) is 1.53. The Hall–Kier alpha value is -3.35. The molecule has 0 atom stereocenters. The molecule has 1 heterocycles. The molecule has 1 saturated carbocycles. The van der Waals surface area contributed by atoms with Crippen molar-refractivity contribution < 1.29 is 4.79 Å². The lowest BCUT2D eigenvalue weighted by Gasteiger charge is -2.30. The summed E-state index contributed by atoms with van der Waals surface area (Å²) in [5, 5.41) is 7.69. The number of nitrogen functional groups attached to an aromatic ring is 1. The molecule has 0 radical (unpaired) electrons. The predicted octanol–water partition coefficient (Wildman–Crippen LogP) is 3.43. The topological polar surface area (TPSA) is 96.2 Å². The molecule has 0 spiro atoms. The third kappa shape index (κ3) is 4.45. The van der Waals surface area contributed by atoms with Gasteiger partial charge in [0.25, 0.3) is 5.91 Å². The molecule has 7 heteroatoms. The van der Waals surface area contributed by atoms with E-state index in [0.717, 1.165) is 42.4 Å². The van der Waals surface area contributed by atoms with Crippen molar-refractivity contribution in [3.05, 3.63) is 54.1 Å². The zero-order chi connectivity index (χ0) is 21.1. The van der Waals surface area contributed by atoms with Crippen molar-refractivity contribution in [3.63, 3.8) is 0 Å². The SMILES string of the molecule is CN(C)c1nc(N[C@H]2CC[C@@H](NC(=O)c3ccc(N)cc3)CC2)nc2ccccc12. The van der Waals surface area contributed by atoms with Gasteiger partial charge in [-0.2, -0.15) is 4.98 Å². The molecule has 1 fully saturated rings. The van der Waals surface area contributed by atoms with Crippen LogP contribution >= 0.6 is 0 Å². The van der Waals surface area contributed by atoms with Crippen molar-refractivity contribution in [1.82, 2.24) is 15.3 Å². The minimum absolute atomic E-state index is 0.0418. The Morgan fingerprint density at radius 1 is 0.967 bits per heavy atom. The van der Waals surface area contributed by atoms with Gasteiger partial charge in [0, 0.05) is 42.8 Å². The average Bonchev–Trinajstić information content (AvgIpc) is 2.75. The van der Waals surface area contributed by atoms with E-state index in [-0.39, 0.29) is 11.9 Å². The van der Waals surface area contributed by atoms with Gasteiger partial charge in [-0.25, -0.2) is 4.98 Å². The minimum Gasteiger partial charge on any atom is -0.399 e. The van der Waals surface area contributed by atoms with Crippen LogP contribution in [0.1, 0.15) is 36.0 Å². The molecular formula is C23H28N6O. The normalized spacial score (nSPS) is 18.7. The van der Waals surface area contributed by atoms with Crippen LogP contribution in [0.25, 0.3) is 10.9 Å². The molecule has 0 aliphatic heterocycles. The lowest BCUT2D eigenvalue weighted by Crippen LogP contribution is -2.40. The summed E-state index contributed by atoms with van der Waals surface area (Å²) in [6, 6.07) is 15.6. The average molecular weight is 405 g/mol. The van der Waals surface area contributed by atoms with Crippen LogP contribution in [0.2, 0.25) is 0 Å². The van der Waals surface area contributed by atoms with Crippen LogP contribution in [0.4, 0.5) is 17.5 Å². The Kier molecular flexibility index (Phi) is 5.70. The number of benzene rings is 2. The molecule has 0 saturated heterocycles. The zero-order valence-corrected chi connectivity index (χ0v) is 17.4. The first-order valence-corrected chi connectivity index (χ1v) is 10.4. The number of rotatable bonds is 5. The van der Waals surface area contributed by atoms with E-state index in [0.29, 0.717) is 23.2 Å². The second-order valence-corrected chi connectivity index (χ2v) is 8.07. The Labute approximate surface area is 176 Å². The number of anilines is 3. The first-order chi connectivity index (χ1) is 14.5. The van der Waals surface area contributed by atoms with Crippen LogP contribution < -0.4 is 21.3 Å². The van der Waals surface area contributed by atoms with E-state index in [1.807, 2.05) is 43.3 Å². The van der Waals surface area contributed by atoms with E-state index in [9.17, 15) is 4.79 Å². The van der Waals surface area contributed by atoms with Crippen molar-refractivity contribution in [1.29, 1.82) is 0 Å². The number of hydrogen-bond donors (Lipinski definition) is 3. The Bertz CT molecular complexity index is 1030. The van der Waals surface area contributed by atoms with Gasteiger partial charge in [-0.05, 0) is 62.1 Å². The molecule has 1 aromatic heterocycles. The van der Waals surface area contributed by atoms with Gasteiger partial charge in [-0.3, -0.25) is 4.79 Å². The summed E-state index contributed by atoms with van der Waals surface area (Å²) in [6.45, 7) is 0. The number of nitrogens with two attached hydrogens (primary N) is 1. The first-order valence-electron chi connectivity index (χ1n) is 10.4. The summed E-state index contributed by atoms with van der Waals surface area (Å²) in [7, 11) is 3.99. The van der Waals surface area contributed by atoms with Crippen LogP contribution in [-0.2, 0) is 0 Å². The van der Waals surface area contributed by atoms with E-state index in [4.69, 9.17) is 15.7 Å². The van der Waals surface area contributed by atoms with Gasteiger partial charge in [0.2, 0.25) is 5.95 Å². The second-order valence-electron chi connectivity index (χ2n) is 8.07. The first kappa shape index (κ1) is 19.9. The van der Waals surface area contributed by atoms with Crippen LogP contribution in [0, 0.1) is 0 Å². The number of carbonyl (C=O) groups is 1. The van der Waals surface area contributed by atoms with E-state index in [1.165, 1.54) is 0 Å². The van der Waals surface area contributed by atoms with Crippen molar-refractivity contribution in [2.24, 2.45) is 0 Å². The van der Waals surface area contributed by atoms with E-state index < -0.39 is 0 Å². The highest BCUT2D eigenvalue weighted by Gasteiger charge is 2.23. The summed E-state index contributed by atoms with van der Waals surface area (Å²) < 4.78 is 0. The predicted molar refractivity (Wildman–Crippen MR) is 122 cm³/mol. The molecule has 156 valence electrons. The Balaban J connectivity index is 1.37. The molecule has 1 amide bonds. The lowest BCUT2D eigenvalue weighted by atomic mass is 9.91. The second kappa shape index (κ2) is 8.57. The number of fused-ring (bicyclic) bond motifs is 1. The molecule has 2 aromatic carbocycles. The van der Waals surface area contributed by atoms with E-state index >= 15 is 0 Å². The summed E-state index contributed by atoms with van der Waals surface area (Å²) in [5.41, 5.74) is 7.93. The molecule has 30 heavy (non-hydrogen) atoms. The molecule has 1 aliphatic carbocycles. The van der Waals surface area contributed by atoms with Gasteiger partial charge in [-0.15, -0.1) is 0 Å². The molecule has 0 bridgehead atoms. The summed E-state index contributed by atoms with van der Waals surface area (Å²) in [4.78, 5) is 23.9. The number of nitrogens with zero attached hydrogens (tertiary/aromatic N) is 3. The van der Waals surface area contributed by atoms with Gasteiger partial charge < -0.3 is 21.3 Å². The van der Waals surface area contributed by atoms with Crippen molar-refractivity contribution >= 4 is 34.3 Å². The number of hydrogen-bond acceptors (Lipinski definition) is 6. The van der Waals surface area contributed by atoms with Crippen LogP contribution in [-0.4, -0.2) is 42.1 Å². The molecule has 3 aromatic rings. The molecular weight excluding hydrogens is 376 g/mol.